The topological polar surface area (TPSA) is 99.5 Å². The largest absolute Gasteiger partial charge is 0.462 e. The van der Waals surface area contributed by atoms with Crippen molar-refractivity contribution in [2.24, 2.45) is 0 Å². The molecule has 9 heteroatoms. The molecule has 172 valence electrons. The van der Waals surface area contributed by atoms with Gasteiger partial charge < -0.3 is 14.8 Å². The SMILES string of the molecule is CCOC(=O)c1c(C2CC2)csc1NC(=O)COC(=O)c1ccc(-n2nc(C)cc2C)cc1. The molecule has 1 amide bonds. The number of rotatable bonds is 8. The number of aromatic nitrogens is 2. The van der Waals surface area contributed by atoms with Gasteiger partial charge in [0.15, 0.2) is 6.61 Å². The monoisotopic (exact) mass is 467 g/mol. The fourth-order valence-electron chi connectivity index (χ4n) is 3.58. The average Bonchev–Trinajstić information content (AvgIpc) is 3.47. The van der Waals surface area contributed by atoms with Crippen molar-refractivity contribution >= 4 is 34.2 Å². The molecule has 1 aliphatic carbocycles. The van der Waals surface area contributed by atoms with Crippen LogP contribution < -0.4 is 5.32 Å². The zero-order valence-corrected chi connectivity index (χ0v) is 19.5. The van der Waals surface area contributed by atoms with E-state index in [1.807, 2.05) is 25.3 Å². The predicted molar refractivity (Wildman–Crippen MR) is 124 cm³/mol. The van der Waals surface area contributed by atoms with Gasteiger partial charge in [0.25, 0.3) is 5.91 Å². The summed E-state index contributed by atoms with van der Waals surface area (Å²) in [5, 5.41) is 9.41. The van der Waals surface area contributed by atoms with Gasteiger partial charge in [0.05, 0.1) is 29.1 Å². The van der Waals surface area contributed by atoms with Crippen molar-refractivity contribution in [2.75, 3.05) is 18.5 Å². The number of benzene rings is 1. The van der Waals surface area contributed by atoms with Crippen molar-refractivity contribution in [1.82, 2.24) is 9.78 Å². The summed E-state index contributed by atoms with van der Waals surface area (Å²) in [6.07, 6.45) is 2.04. The third-order valence-corrected chi connectivity index (χ3v) is 6.17. The lowest BCUT2D eigenvalue weighted by atomic mass is 10.1. The van der Waals surface area contributed by atoms with Crippen LogP contribution in [0.1, 0.15) is 63.4 Å². The number of carbonyl (C=O) groups is 3. The van der Waals surface area contributed by atoms with Crippen LogP contribution in [0.2, 0.25) is 0 Å². The Kier molecular flexibility index (Phi) is 6.60. The predicted octanol–water partition coefficient (Wildman–Crippen LogP) is 4.40. The Morgan fingerprint density at radius 3 is 2.45 bits per heavy atom. The molecule has 1 N–H and O–H groups in total. The van der Waals surface area contributed by atoms with Crippen LogP contribution in [0.25, 0.3) is 5.69 Å². The molecule has 2 aromatic heterocycles. The number of carbonyl (C=O) groups excluding carboxylic acids is 3. The van der Waals surface area contributed by atoms with Crippen molar-refractivity contribution in [3.05, 3.63) is 63.8 Å². The summed E-state index contributed by atoms with van der Waals surface area (Å²) in [7, 11) is 0. The number of hydrogen-bond donors (Lipinski definition) is 1. The summed E-state index contributed by atoms with van der Waals surface area (Å²) >= 11 is 1.28. The number of nitrogens with one attached hydrogen (secondary N) is 1. The van der Waals surface area contributed by atoms with Crippen LogP contribution in [0.4, 0.5) is 5.00 Å². The molecule has 1 fully saturated rings. The normalized spacial score (nSPS) is 12.9. The number of thiophene rings is 1. The molecule has 1 aromatic carbocycles. The fourth-order valence-corrected chi connectivity index (χ4v) is 4.62. The number of nitrogens with zero attached hydrogens (tertiary/aromatic N) is 2. The Balaban J connectivity index is 1.37. The lowest BCUT2D eigenvalue weighted by molar-refractivity contribution is -0.119. The van der Waals surface area contributed by atoms with Crippen LogP contribution in [0, 0.1) is 13.8 Å². The van der Waals surface area contributed by atoms with Gasteiger partial charge in [0.2, 0.25) is 0 Å². The maximum Gasteiger partial charge on any atom is 0.341 e. The van der Waals surface area contributed by atoms with Crippen LogP contribution in [0.5, 0.6) is 0 Å². The maximum absolute atomic E-state index is 12.4. The van der Waals surface area contributed by atoms with E-state index in [9.17, 15) is 14.4 Å². The quantitative estimate of drug-likeness (QED) is 0.493. The first-order valence-corrected chi connectivity index (χ1v) is 11.6. The Bertz CT molecular complexity index is 1190. The third-order valence-electron chi connectivity index (χ3n) is 5.26. The number of hydrogen-bond acceptors (Lipinski definition) is 7. The van der Waals surface area contributed by atoms with Gasteiger partial charge in [-0.25, -0.2) is 14.3 Å². The Labute approximate surface area is 195 Å². The van der Waals surface area contributed by atoms with Gasteiger partial charge >= 0.3 is 11.9 Å². The molecular formula is C24H25N3O5S. The van der Waals surface area contributed by atoms with E-state index in [-0.39, 0.29) is 6.61 Å². The van der Waals surface area contributed by atoms with Gasteiger partial charge in [-0.2, -0.15) is 5.10 Å². The number of ether oxygens (including phenoxy) is 2. The molecule has 0 unspecified atom stereocenters. The highest BCUT2D eigenvalue weighted by atomic mass is 32.1. The number of amides is 1. The first-order valence-electron chi connectivity index (χ1n) is 10.8. The Hall–Kier alpha value is -3.46. The Morgan fingerprint density at radius 1 is 1.12 bits per heavy atom. The number of esters is 2. The van der Waals surface area contributed by atoms with Crippen molar-refractivity contribution in [1.29, 1.82) is 0 Å². The summed E-state index contributed by atoms with van der Waals surface area (Å²) in [5.74, 6) is -1.24. The molecule has 1 aliphatic rings. The Morgan fingerprint density at radius 2 is 1.85 bits per heavy atom. The molecule has 0 radical (unpaired) electrons. The molecule has 1 saturated carbocycles. The molecule has 4 rings (SSSR count). The summed E-state index contributed by atoms with van der Waals surface area (Å²) in [5.41, 5.74) is 4.36. The zero-order valence-electron chi connectivity index (χ0n) is 18.7. The third kappa shape index (κ3) is 5.14. The highest BCUT2D eigenvalue weighted by Gasteiger charge is 2.32. The minimum absolute atomic E-state index is 0.252. The first kappa shape index (κ1) is 22.7. The van der Waals surface area contributed by atoms with Crippen molar-refractivity contribution in [3.63, 3.8) is 0 Å². The van der Waals surface area contributed by atoms with Crippen LogP contribution in [0.15, 0.2) is 35.7 Å². The summed E-state index contributed by atoms with van der Waals surface area (Å²) in [6.45, 7) is 5.40. The van der Waals surface area contributed by atoms with E-state index in [0.29, 0.717) is 22.0 Å². The average molecular weight is 468 g/mol. The molecular weight excluding hydrogens is 442 g/mol. The molecule has 3 aromatic rings. The van der Waals surface area contributed by atoms with E-state index < -0.39 is 24.5 Å². The lowest BCUT2D eigenvalue weighted by Crippen LogP contribution is -2.22. The maximum atomic E-state index is 12.4. The second-order valence-electron chi connectivity index (χ2n) is 7.90. The van der Waals surface area contributed by atoms with E-state index >= 15 is 0 Å². The van der Waals surface area contributed by atoms with Gasteiger partial charge in [-0.15, -0.1) is 11.3 Å². The first-order chi connectivity index (χ1) is 15.9. The second-order valence-corrected chi connectivity index (χ2v) is 8.78. The van der Waals surface area contributed by atoms with Gasteiger partial charge in [0.1, 0.15) is 5.00 Å². The van der Waals surface area contributed by atoms with Crippen molar-refractivity contribution in [3.8, 4) is 5.69 Å². The molecule has 0 aliphatic heterocycles. The lowest BCUT2D eigenvalue weighted by Gasteiger charge is -2.09. The minimum Gasteiger partial charge on any atom is -0.462 e. The van der Waals surface area contributed by atoms with E-state index in [1.54, 1.807) is 35.9 Å². The summed E-state index contributed by atoms with van der Waals surface area (Å²) < 4.78 is 12.1. The molecule has 8 nitrogen and oxygen atoms in total. The summed E-state index contributed by atoms with van der Waals surface area (Å²) in [4.78, 5) is 37.2. The number of anilines is 1. The van der Waals surface area contributed by atoms with Gasteiger partial charge in [-0.05, 0) is 80.8 Å². The standard InChI is InChI=1S/C24H25N3O5S/c1-4-31-24(30)21-19(16-5-6-16)13-33-22(21)25-20(28)12-32-23(29)17-7-9-18(10-8-17)27-15(3)11-14(2)26-27/h7-11,13,16H,4-6,12H2,1-3H3,(H,25,28). The van der Waals surface area contributed by atoms with Gasteiger partial charge in [-0.3, -0.25) is 4.79 Å². The van der Waals surface area contributed by atoms with Crippen molar-refractivity contribution in [2.45, 2.75) is 39.5 Å². The van der Waals surface area contributed by atoms with Gasteiger partial charge in [0, 0.05) is 5.69 Å². The minimum atomic E-state index is -0.611. The second kappa shape index (κ2) is 9.58. The van der Waals surface area contributed by atoms with Crippen LogP contribution >= 0.6 is 11.3 Å². The van der Waals surface area contributed by atoms with E-state index in [0.717, 1.165) is 35.5 Å². The van der Waals surface area contributed by atoms with E-state index in [2.05, 4.69) is 10.4 Å². The highest BCUT2D eigenvalue weighted by molar-refractivity contribution is 7.15. The smallest absolute Gasteiger partial charge is 0.341 e. The van der Waals surface area contributed by atoms with E-state index in [4.69, 9.17) is 9.47 Å². The molecule has 33 heavy (non-hydrogen) atoms. The molecule has 0 spiro atoms. The van der Waals surface area contributed by atoms with E-state index in [1.165, 1.54) is 11.3 Å². The molecule has 0 atom stereocenters. The van der Waals surface area contributed by atoms with Crippen molar-refractivity contribution < 1.29 is 23.9 Å². The van der Waals surface area contributed by atoms with Gasteiger partial charge in [-0.1, -0.05) is 0 Å². The summed E-state index contributed by atoms with van der Waals surface area (Å²) in [6, 6.07) is 8.77. The molecule has 0 bridgehead atoms. The molecule has 2 heterocycles. The zero-order chi connectivity index (χ0) is 23.5. The highest BCUT2D eigenvalue weighted by Crippen LogP contribution is 2.46. The molecule has 0 saturated heterocycles. The number of aryl methyl sites for hydroxylation is 2. The fraction of sp³-hybridized carbons (Fsp3) is 0.333. The van der Waals surface area contributed by atoms with Crippen LogP contribution in [0.3, 0.4) is 0 Å². The van der Waals surface area contributed by atoms with Crippen LogP contribution in [-0.2, 0) is 14.3 Å². The van der Waals surface area contributed by atoms with Crippen LogP contribution in [-0.4, -0.2) is 40.8 Å².